The van der Waals surface area contributed by atoms with Crippen molar-refractivity contribution in [2.24, 2.45) is 5.92 Å². The minimum absolute atomic E-state index is 0.0950. The fourth-order valence-electron chi connectivity index (χ4n) is 8.48. The standard InChI is InChI=1S/C41H66FN8O11P/c1-5-6-7-8-9-10-11-12-13-14-15-16-17-18-19-21-48(24-29-36(61-62(54,55)58-4)33(42)39(59-29)49-22-20-31(51)47-41(49)53)32(52)23-28-30(25-56-2)60-40(35(28)57-3)50-27-46-34-37(43)44-26-45-38(34)50/h20,22,26-30,33,35-36,39-40H,5-19,21,23-25H2,1-4H3,(H,54,55)(H2,43,44,45)(H,47,51,53)/t28-,29-,30-,33-,35-,36-,39-,40-/m1/s1. The molecule has 21 heteroatoms. The summed E-state index contributed by atoms with van der Waals surface area (Å²) in [5, 5.41) is 0. The van der Waals surface area contributed by atoms with Gasteiger partial charge in [0.05, 0.1) is 19.0 Å². The largest absolute Gasteiger partial charge is 0.472 e. The number of fused-ring (bicyclic) bond motifs is 1. The summed E-state index contributed by atoms with van der Waals surface area (Å²) in [6.45, 7) is 2.34. The van der Waals surface area contributed by atoms with Crippen molar-refractivity contribution in [3.05, 3.63) is 45.8 Å². The molecule has 9 atom stereocenters. The summed E-state index contributed by atoms with van der Waals surface area (Å²) in [7, 11) is -0.828. The quantitative estimate of drug-likeness (QED) is 0.0595. The van der Waals surface area contributed by atoms with Crippen LogP contribution in [-0.2, 0) is 37.4 Å². The van der Waals surface area contributed by atoms with Gasteiger partial charge in [-0.15, -0.1) is 0 Å². The lowest BCUT2D eigenvalue weighted by Crippen LogP contribution is -2.45. The minimum Gasteiger partial charge on any atom is -0.382 e. The Morgan fingerprint density at radius 3 is 2.13 bits per heavy atom. The van der Waals surface area contributed by atoms with E-state index in [4.69, 9.17) is 29.2 Å². The molecule has 2 fully saturated rings. The average molecular weight is 897 g/mol. The van der Waals surface area contributed by atoms with Crippen LogP contribution in [0.25, 0.3) is 11.2 Å². The Morgan fingerprint density at radius 2 is 1.53 bits per heavy atom. The van der Waals surface area contributed by atoms with Gasteiger partial charge >= 0.3 is 13.5 Å². The van der Waals surface area contributed by atoms with E-state index in [0.29, 0.717) is 17.6 Å². The molecule has 0 bridgehead atoms. The Labute approximate surface area is 361 Å². The molecule has 0 radical (unpaired) electrons. The highest BCUT2D eigenvalue weighted by molar-refractivity contribution is 7.47. The van der Waals surface area contributed by atoms with Gasteiger partial charge in [-0.3, -0.25) is 32.8 Å². The number of nitrogens with zero attached hydrogens (tertiary/aromatic N) is 6. The Hall–Kier alpha value is -3.62. The SMILES string of the molecule is CCCCCCCCCCCCCCCCCN(C[C@H]1O[C@@H](n2ccc(=O)[nH]c2=O)[C@H](F)[C@@H]1OP(=O)(O)OC)C(=O)C[C@H]1[C@@H](OC)[C@H](n2cnc3c(N)ncnc32)O[C@@H]1COC. The predicted octanol–water partition coefficient (Wildman–Crippen LogP) is 5.59. The molecule has 2 aliphatic rings. The van der Waals surface area contributed by atoms with Gasteiger partial charge in [-0.1, -0.05) is 96.8 Å². The molecule has 3 aromatic rings. The molecule has 0 aliphatic carbocycles. The summed E-state index contributed by atoms with van der Waals surface area (Å²) in [5.41, 5.74) is 5.19. The normalized spacial score (nSPS) is 24.8. The first kappa shape index (κ1) is 49.4. The van der Waals surface area contributed by atoms with Gasteiger partial charge in [0.2, 0.25) is 5.91 Å². The number of imidazole rings is 1. The first-order chi connectivity index (χ1) is 29.9. The molecule has 62 heavy (non-hydrogen) atoms. The second-order valence-corrected chi connectivity index (χ2v) is 17.7. The van der Waals surface area contributed by atoms with Crippen molar-refractivity contribution in [1.82, 2.24) is 34.0 Å². The van der Waals surface area contributed by atoms with Crippen LogP contribution in [0.1, 0.15) is 122 Å². The van der Waals surface area contributed by atoms with Gasteiger partial charge in [0.25, 0.3) is 5.56 Å². The lowest BCUT2D eigenvalue weighted by atomic mass is 9.93. The third-order valence-electron chi connectivity index (χ3n) is 11.8. The lowest BCUT2D eigenvalue weighted by Gasteiger charge is -2.31. The number of nitrogen functional groups attached to an aromatic ring is 1. The molecule has 348 valence electrons. The number of amides is 1. The zero-order valence-electron chi connectivity index (χ0n) is 36.5. The van der Waals surface area contributed by atoms with Crippen molar-refractivity contribution in [3.63, 3.8) is 0 Å². The number of nitrogens with one attached hydrogen (secondary N) is 1. The van der Waals surface area contributed by atoms with E-state index in [9.17, 15) is 23.8 Å². The molecule has 4 N–H and O–H groups in total. The van der Waals surface area contributed by atoms with Crippen LogP contribution in [0.5, 0.6) is 0 Å². The highest BCUT2D eigenvalue weighted by Crippen LogP contribution is 2.48. The highest BCUT2D eigenvalue weighted by atomic mass is 31.2. The van der Waals surface area contributed by atoms with Crippen molar-refractivity contribution in [2.45, 2.75) is 153 Å². The van der Waals surface area contributed by atoms with E-state index in [2.05, 4.69) is 31.4 Å². The molecular formula is C41H66FN8O11P. The number of H-pyrrole nitrogens is 1. The monoisotopic (exact) mass is 896 g/mol. The van der Waals surface area contributed by atoms with Crippen molar-refractivity contribution in [2.75, 3.05) is 46.8 Å². The van der Waals surface area contributed by atoms with Crippen LogP contribution < -0.4 is 17.0 Å². The second kappa shape index (κ2) is 24.4. The van der Waals surface area contributed by atoms with Gasteiger partial charge in [-0.25, -0.2) is 28.7 Å². The summed E-state index contributed by atoms with van der Waals surface area (Å²) in [6.07, 6.45) is 12.2. The van der Waals surface area contributed by atoms with Crippen LogP contribution in [0.4, 0.5) is 10.2 Å². The van der Waals surface area contributed by atoms with Gasteiger partial charge in [0, 0.05) is 59.0 Å². The maximum absolute atomic E-state index is 16.3. The molecule has 2 saturated heterocycles. The number of aromatic nitrogens is 6. The zero-order chi connectivity index (χ0) is 44.6. The number of unbranched alkanes of at least 4 members (excludes halogenated alkanes) is 14. The summed E-state index contributed by atoms with van der Waals surface area (Å²) in [4.78, 5) is 65.8. The van der Waals surface area contributed by atoms with Crippen molar-refractivity contribution in [3.8, 4) is 0 Å². The fraction of sp³-hybridized carbons (Fsp3) is 0.756. The van der Waals surface area contributed by atoms with Gasteiger partial charge in [-0.2, -0.15) is 0 Å². The molecule has 19 nitrogen and oxygen atoms in total. The number of rotatable bonds is 28. The fourth-order valence-corrected chi connectivity index (χ4v) is 9.13. The first-order valence-electron chi connectivity index (χ1n) is 22.0. The third-order valence-corrected chi connectivity index (χ3v) is 12.8. The lowest BCUT2D eigenvalue weighted by molar-refractivity contribution is -0.137. The number of halogens is 1. The van der Waals surface area contributed by atoms with E-state index in [1.807, 2.05) is 0 Å². The molecule has 1 amide bonds. The molecule has 0 aromatic carbocycles. The first-order valence-corrected chi connectivity index (χ1v) is 23.5. The highest BCUT2D eigenvalue weighted by Gasteiger charge is 2.52. The maximum Gasteiger partial charge on any atom is 0.472 e. The van der Waals surface area contributed by atoms with Gasteiger partial charge < -0.3 is 34.5 Å². The molecule has 5 rings (SSSR count). The summed E-state index contributed by atoms with van der Waals surface area (Å²) in [6, 6.07) is 1.02. The molecule has 0 spiro atoms. The summed E-state index contributed by atoms with van der Waals surface area (Å²) < 4.78 is 65.4. The van der Waals surface area contributed by atoms with Crippen LogP contribution >= 0.6 is 7.82 Å². The topological polar surface area (TPSA) is 237 Å². The number of ether oxygens (including phenoxy) is 4. The maximum atomic E-state index is 16.3. The van der Waals surface area contributed by atoms with Gasteiger partial charge in [-0.05, 0) is 6.42 Å². The number of methoxy groups -OCH3 is 2. The number of anilines is 1. The van der Waals surface area contributed by atoms with E-state index >= 15 is 4.39 Å². The van der Waals surface area contributed by atoms with Crippen LogP contribution in [0.3, 0.4) is 0 Å². The summed E-state index contributed by atoms with van der Waals surface area (Å²) >= 11 is 0. The smallest absolute Gasteiger partial charge is 0.382 e. The van der Waals surface area contributed by atoms with E-state index in [0.717, 1.165) is 49.6 Å². The molecule has 5 heterocycles. The number of carbonyl (C=O) groups excluding carboxylic acids is 1. The Bertz CT molecular complexity index is 2000. The Morgan fingerprint density at radius 1 is 0.903 bits per heavy atom. The third kappa shape index (κ3) is 13.2. The van der Waals surface area contributed by atoms with Crippen molar-refractivity contribution in [1.29, 1.82) is 0 Å². The number of hydrogen-bond donors (Lipinski definition) is 3. The second-order valence-electron chi connectivity index (χ2n) is 16.2. The Kier molecular flexibility index (Phi) is 19.5. The van der Waals surface area contributed by atoms with Crippen LogP contribution in [0.15, 0.2) is 34.5 Å². The summed E-state index contributed by atoms with van der Waals surface area (Å²) in [5.74, 6) is -0.712. The van der Waals surface area contributed by atoms with Crippen LogP contribution in [-0.4, -0.2) is 116 Å². The molecular weight excluding hydrogens is 830 g/mol. The predicted molar refractivity (Wildman–Crippen MR) is 228 cm³/mol. The minimum atomic E-state index is -4.80. The number of phosphoric ester groups is 1. The number of phosphoric acid groups is 1. The Balaban J connectivity index is 1.29. The zero-order valence-corrected chi connectivity index (χ0v) is 37.4. The average Bonchev–Trinajstić information content (AvgIpc) is 3.92. The molecule has 1 unspecified atom stereocenters. The van der Waals surface area contributed by atoms with Gasteiger partial charge in [0.15, 0.2) is 30.1 Å². The number of carbonyl (C=O) groups is 1. The van der Waals surface area contributed by atoms with Crippen LogP contribution in [0, 0.1) is 5.92 Å². The van der Waals surface area contributed by atoms with Crippen molar-refractivity contribution >= 4 is 30.7 Å². The van der Waals surface area contributed by atoms with Crippen LogP contribution in [0.2, 0.25) is 0 Å². The number of hydrogen-bond acceptors (Lipinski definition) is 14. The van der Waals surface area contributed by atoms with E-state index in [1.54, 1.807) is 4.57 Å². The molecule has 0 saturated carbocycles. The van der Waals surface area contributed by atoms with E-state index < -0.39 is 68.0 Å². The number of aromatic amines is 1. The van der Waals surface area contributed by atoms with Gasteiger partial charge in [0.1, 0.15) is 30.2 Å². The molecule has 3 aromatic heterocycles. The molecule has 2 aliphatic heterocycles. The number of nitrogens with two attached hydrogens (primary N) is 1. The number of alkyl halides is 1. The van der Waals surface area contributed by atoms with E-state index in [1.165, 1.54) is 96.0 Å². The van der Waals surface area contributed by atoms with E-state index in [-0.39, 0.29) is 37.8 Å². The van der Waals surface area contributed by atoms with Crippen molar-refractivity contribution < 1.29 is 46.6 Å².